The average Bonchev–Trinajstić information content (AvgIpc) is 2.44. The van der Waals surface area contributed by atoms with E-state index in [1.54, 1.807) is 6.92 Å². The number of nitrogens with zero attached hydrogens (tertiary/aromatic N) is 1. The Labute approximate surface area is 122 Å². The van der Waals surface area contributed by atoms with Gasteiger partial charge in [-0.15, -0.1) is 0 Å². The van der Waals surface area contributed by atoms with Crippen LogP contribution < -0.4 is 10.6 Å². The van der Waals surface area contributed by atoms with E-state index in [9.17, 15) is 9.59 Å². The lowest BCUT2D eigenvalue weighted by atomic mass is 10.0. The quantitative estimate of drug-likeness (QED) is 0.812. The van der Waals surface area contributed by atoms with Gasteiger partial charge in [0.25, 0.3) is 0 Å². The molecule has 1 aliphatic rings. The largest absolute Gasteiger partial charge is 0.341 e. The zero-order valence-corrected chi connectivity index (χ0v) is 13.2. The van der Waals surface area contributed by atoms with Crippen LogP contribution >= 0.6 is 0 Å². The first-order chi connectivity index (χ1) is 9.45. The van der Waals surface area contributed by atoms with Gasteiger partial charge in [0, 0.05) is 19.1 Å². The monoisotopic (exact) mass is 283 g/mol. The van der Waals surface area contributed by atoms with Gasteiger partial charge in [-0.1, -0.05) is 20.8 Å². The summed E-state index contributed by atoms with van der Waals surface area (Å²) < 4.78 is 0. The molecule has 0 bridgehead atoms. The molecule has 0 saturated carbocycles. The summed E-state index contributed by atoms with van der Waals surface area (Å²) >= 11 is 0. The van der Waals surface area contributed by atoms with Crippen LogP contribution in [0.5, 0.6) is 0 Å². The lowest BCUT2D eigenvalue weighted by Gasteiger charge is -2.30. The van der Waals surface area contributed by atoms with Crippen LogP contribution in [0, 0.1) is 5.92 Å². The third-order valence-corrected chi connectivity index (χ3v) is 3.95. The predicted molar refractivity (Wildman–Crippen MR) is 80.5 cm³/mol. The van der Waals surface area contributed by atoms with Crippen LogP contribution in [-0.4, -0.2) is 42.0 Å². The summed E-state index contributed by atoms with van der Waals surface area (Å²) in [5, 5.41) is 5.69. The number of hydrogen-bond acceptors (Lipinski definition) is 2. The second-order valence-electron chi connectivity index (χ2n) is 5.98. The summed E-state index contributed by atoms with van der Waals surface area (Å²) in [5.74, 6) is 0.413. The molecule has 116 valence electrons. The zero-order valence-electron chi connectivity index (χ0n) is 13.2. The van der Waals surface area contributed by atoms with Crippen molar-refractivity contribution >= 4 is 11.9 Å². The lowest BCUT2D eigenvalue weighted by molar-refractivity contribution is -0.133. The van der Waals surface area contributed by atoms with Gasteiger partial charge >= 0.3 is 6.03 Å². The van der Waals surface area contributed by atoms with Gasteiger partial charge in [0.2, 0.25) is 5.91 Å². The van der Waals surface area contributed by atoms with Crippen molar-refractivity contribution in [3.8, 4) is 0 Å². The van der Waals surface area contributed by atoms with E-state index in [1.807, 2.05) is 11.8 Å². The Bertz CT molecular complexity index is 325. The van der Waals surface area contributed by atoms with Crippen LogP contribution in [-0.2, 0) is 4.79 Å². The molecule has 0 aliphatic carbocycles. The summed E-state index contributed by atoms with van der Waals surface area (Å²) in [6.07, 6.45) is 4.21. The molecular weight excluding hydrogens is 254 g/mol. The van der Waals surface area contributed by atoms with Crippen LogP contribution in [0.4, 0.5) is 4.79 Å². The van der Waals surface area contributed by atoms with E-state index in [0.717, 1.165) is 32.4 Å². The molecule has 0 unspecified atom stereocenters. The van der Waals surface area contributed by atoms with Crippen molar-refractivity contribution in [3.05, 3.63) is 0 Å². The summed E-state index contributed by atoms with van der Waals surface area (Å²) in [4.78, 5) is 26.0. The fraction of sp³-hybridized carbons (Fsp3) is 0.867. The van der Waals surface area contributed by atoms with Crippen molar-refractivity contribution in [2.45, 2.75) is 65.5 Å². The molecule has 0 spiro atoms. The molecule has 0 aromatic rings. The average molecular weight is 283 g/mol. The van der Waals surface area contributed by atoms with Crippen molar-refractivity contribution in [2.75, 3.05) is 13.1 Å². The van der Waals surface area contributed by atoms with Gasteiger partial charge in [-0.2, -0.15) is 0 Å². The van der Waals surface area contributed by atoms with E-state index in [4.69, 9.17) is 0 Å². The van der Waals surface area contributed by atoms with Gasteiger partial charge in [0.05, 0.1) is 0 Å². The fourth-order valence-electron chi connectivity index (χ4n) is 2.60. The number of nitrogens with one attached hydrogen (secondary N) is 2. The van der Waals surface area contributed by atoms with Crippen molar-refractivity contribution in [1.29, 1.82) is 0 Å². The van der Waals surface area contributed by atoms with Crippen molar-refractivity contribution in [2.24, 2.45) is 5.92 Å². The summed E-state index contributed by atoms with van der Waals surface area (Å²) in [7, 11) is 0. The van der Waals surface area contributed by atoms with E-state index in [0.29, 0.717) is 5.92 Å². The van der Waals surface area contributed by atoms with Crippen molar-refractivity contribution in [1.82, 2.24) is 15.5 Å². The number of amides is 3. The minimum atomic E-state index is -0.460. The van der Waals surface area contributed by atoms with Gasteiger partial charge in [-0.3, -0.25) is 4.79 Å². The Hall–Kier alpha value is -1.26. The predicted octanol–water partition coefficient (Wildman–Crippen LogP) is 2.12. The van der Waals surface area contributed by atoms with E-state index in [1.165, 1.54) is 6.42 Å². The van der Waals surface area contributed by atoms with Crippen LogP contribution in [0.2, 0.25) is 0 Å². The van der Waals surface area contributed by atoms with Gasteiger partial charge in [0.15, 0.2) is 0 Å². The van der Waals surface area contributed by atoms with E-state index < -0.39 is 6.04 Å². The van der Waals surface area contributed by atoms with Crippen molar-refractivity contribution < 1.29 is 9.59 Å². The molecule has 1 aliphatic heterocycles. The first-order valence-corrected chi connectivity index (χ1v) is 7.81. The maximum Gasteiger partial charge on any atom is 0.315 e. The lowest BCUT2D eigenvalue weighted by Crippen LogP contribution is -2.53. The third-order valence-electron chi connectivity index (χ3n) is 3.95. The van der Waals surface area contributed by atoms with Crippen LogP contribution in [0.3, 0.4) is 0 Å². The van der Waals surface area contributed by atoms with Crippen molar-refractivity contribution in [3.63, 3.8) is 0 Å². The molecule has 20 heavy (non-hydrogen) atoms. The normalized spacial score (nSPS) is 18.6. The van der Waals surface area contributed by atoms with E-state index in [2.05, 4.69) is 24.5 Å². The molecule has 1 saturated heterocycles. The number of hydrogen-bond donors (Lipinski definition) is 2. The number of carbonyl (C=O) groups excluding carboxylic acids is 2. The molecule has 1 heterocycles. The van der Waals surface area contributed by atoms with E-state index >= 15 is 0 Å². The smallest absolute Gasteiger partial charge is 0.315 e. The molecule has 3 amide bonds. The molecule has 0 aromatic heterocycles. The Morgan fingerprint density at radius 3 is 2.15 bits per heavy atom. The Morgan fingerprint density at radius 1 is 1.05 bits per heavy atom. The molecule has 5 nitrogen and oxygen atoms in total. The Balaban J connectivity index is 2.41. The second kappa shape index (κ2) is 8.12. The molecule has 0 radical (unpaired) electrons. The highest BCUT2D eigenvalue weighted by Crippen LogP contribution is 2.10. The molecule has 2 atom stereocenters. The minimum absolute atomic E-state index is 0.0254. The molecular formula is C15H29N3O2. The van der Waals surface area contributed by atoms with Crippen LogP contribution in [0.15, 0.2) is 0 Å². The molecule has 1 fully saturated rings. The summed E-state index contributed by atoms with van der Waals surface area (Å²) in [5.41, 5.74) is 0. The standard InChI is InChI=1S/C15H29N3O2/c1-5-13(11(2)3)17-15(20)16-12(4)14(19)18-9-7-6-8-10-18/h11-13H,5-10H2,1-4H3,(H2,16,17,20)/t12-,13-/m1/s1. The summed E-state index contributed by atoms with van der Waals surface area (Å²) in [6.45, 7) is 9.60. The number of rotatable bonds is 5. The van der Waals surface area contributed by atoms with Gasteiger partial charge in [-0.25, -0.2) is 4.79 Å². The second-order valence-corrected chi connectivity index (χ2v) is 5.98. The molecule has 2 N–H and O–H groups in total. The fourth-order valence-corrected chi connectivity index (χ4v) is 2.60. The van der Waals surface area contributed by atoms with Gasteiger partial charge in [-0.05, 0) is 38.5 Å². The number of carbonyl (C=O) groups is 2. The van der Waals surface area contributed by atoms with Crippen LogP contribution in [0.25, 0.3) is 0 Å². The van der Waals surface area contributed by atoms with Gasteiger partial charge < -0.3 is 15.5 Å². The zero-order chi connectivity index (χ0) is 15.1. The molecule has 1 rings (SSSR count). The Morgan fingerprint density at radius 2 is 1.65 bits per heavy atom. The molecule has 0 aromatic carbocycles. The molecule has 5 heteroatoms. The van der Waals surface area contributed by atoms with E-state index in [-0.39, 0.29) is 18.0 Å². The topological polar surface area (TPSA) is 61.4 Å². The van der Waals surface area contributed by atoms with Crippen LogP contribution in [0.1, 0.15) is 53.4 Å². The summed E-state index contributed by atoms with van der Waals surface area (Å²) in [6, 6.07) is -0.562. The first kappa shape index (κ1) is 16.8. The highest BCUT2D eigenvalue weighted by atomic mass is 16.2. The number of likely N-dealkylation sites (tertiary alicyclic amines) is 1. The number of piperidine rings is 1. The maximum absolute atomic E-state index is 12.2. The maximum atomic E-state index is 12.2. The minimum Gasteiger partial charge on any atom is -0.341 e. The highest BCUT2D eigenvalue weighted by molar-refractivity contribution is 5.86. The third kappa shape index (κ3) is 5.02. The first-order valence-electron chi connectivity index (χ1n) is 7.81. The highest BCUT2D eigenvalue weighted by Gasteiger charge is 2.24. The number of urea groups is 1. The van der Waals surface area contributed by atoms with Gasteiger partial charge in [0.1, 0.15) is 6.04 Å². The SMILES string of the molecule is CC[C@@H](NC(=O)N[C@H](C)C(=O)N1CCCCC1)C(C)C. The Kier molecular flexibility index (Phi) is 6.82.